The summed E-state index contributed by atoms with van der Waals surface area (Å²) < 4.78 is 5.05. The third-order valence-corrected chi connectivity index (χ3v) is 5.62. The molecule has 7 nitrogen and oxygen atoms in total. The molecular weight excluding hydrogens is 416 g/mol. The Kier molecular flexibility index (Phi) is 6.40. The number of phenolic OH excluding ortho intramolecular Hbond substituents is 1. The normalized spacial score (nSPS) is 15.5. The number of rotatable bonds is 5. The number of carbonyl (C=O) groups is 3. The summed E-state index contributed by atoms with van der Waals surface area (Å²) in [4.78, 5) is 38.4. The Morgan fingerprint density at radius 3 is 2.45 bits per heavy atom. The first-order valence-corrected chi connectivity index (χ1v) is 10.4. The minimum absolute atomic E-state index is 0.00158. The third-order valence-electron chi connectivity index (χ3n) is 4.71. The Balaban J connectivity index is 1.67. The lowest BCUT2D eigenvalue weighted by atomic mass is 9.87. The molecule has 0 bridgehead atoms. The van der Waals surface area contributed by atoms with Crippen LogP contribution in [0.5, 0.6) is 11.5 Å². The second-order valence-electron chi connectivity index (χ2n) is 8.07. The fourth-order valence-electron chi connectivity index (χ4n) is 2.97. The number of methoxy groups -OCH3 is 1. The van der Waals surface area contributed by atoms with Gasteiger partial charge in [0.2, 0.25) is 5.91 Å². The molecule has 0 saturated carbocycles. The quantitative estimate of drug-likeness (QED) is 0.670. The van der Waals surface area contributed by atoms with Gasteiger partial charge in [-0.1, -0.05) is 39.0 Å². The van der Waals surface area contributed by atoms with Crippen molar-refractivity contribution < 1.29 is 24.2 Å². The van der Waals surface area contributed by atoms with Gasteiger partial charge in [0.05, 0.1) is 12.0 Å². The summed E-state index contributed by atoms with van der Waals surface area (Å²) in [6, 6.07) is 12.0. The topological polar surface area (TPSA) is 95.9 Å². The molecule has 2 aromatic rings. The molecule has 0 unspecified atom stereocenters. The molecule has 162 valence electrons. The van der Waals surface area contributed by atoms with Gasteiger partial charge in [-0.25, -0.2) is 0 Å². The van der Waals surface area contributed by atoms with Crippen molar-refractivity contribution in [2.75, 3.05) is 19.0 Å². The molecule has 3 rings (SSSR count). The van der Waals surface area contributed by atoms with Gasteiger partial charge in [0, 0.05) is 5.69 Å². The number of benzene rings is 2. The highest BCUT2D eigenvalue weighted by molar-refractivity contribution is 8.18. The highest BCUT2D eigenvalue weighted by Crippen LogP contribution is 2.34. The first-order chi connectivity index (χ1) is 14.6. The summed E-state index contributed by atoms with van der Waals surface area (Å²) in [7, 11) is 1.42. The molecule has 3 amide bonds. The van der Waals surface area contributed by atoms with Gasteiger partial charge in [0.15, 0.2) is 11.5 Å². The Morgan fingerprint density at radius 2 is 1.84 bits per heavy atom. The number of anilines is 1. The molecule has 0 aliphatic carbocycles. The zero-order valence-corrected chi connectivity index (χ0v) is 18.6. The van der Waals surface area contributed by atoms with Crippen LogP contribution < -0.4 is 10.1 Å². The van der Waals surface area contributed by atoms with E-state index in [-0.39, 0.29) is 28.4 Å². The van der Waals surface area contributed by atoms with Crippen molar-refractivity contribution in [2.45, 2.75) is 26.2 Å². The molecule has 1 saturated heterocycles. The van der Waals surface area contributed by atoms with Crippen molar-refractivity contribution in [1.82, 2.24) is 4.90 Å². The lowest BCUT2D eigenvalue weighted by molar-refractivity contribution is -0.127. The van der Waals surface area contributed by atoms with E-state index in [0.29, 0.717) is 11.3 Å². The Labute approximate surface area is 185 Å². The van der Waals surface area contributed by atoms with Crippen LogP contribution in [0.4, 0.5) is 10.5 Å². The van der Waals surface area contributed by atoms with E-state index in [9.17, 15) is 19.5 Å². The zero-order valence-electron chi connectivity index (χ0n) is 17.8. The van der Waals surface area contributed by atoms with Gasteiger partial charge in [0.1, 0.15) is 6.54 Å². The van der Waals surface area contributed by atoms with Crippen LogP contribution in [-0.2, 0) is 15.0 Å². The van der Waals surface area contributed by atoms with E-state index in [4.69, 9.17) is 4.74 Å². The van der Waals surface area contributed by atoms with Crippen LogP contribution in [0.3, 0.4) is 0 Å². The van der Waals surface area contributed by atoms with Crippen molar-refractivity contribution >= 4 is 40.6 Å². The lowest BCUT2D eigenvalue weighted by Crippen LogP contribution is -2.36. The van der Waals surface area contributed by atoms with Gasteiger partial charge in [-0.15, -0.1) is 0 Å². The highest BCUT2D eigenvalue weighted by Gasteiger charge is 2.36. The molecule has 31 heavy (non-hydrogen) atoms. The number of ether oxygens (including phenoxy) is 1. The van der Waals surface area contributed by atoms with E-state index >= 15 is 0 Å². The lowest BCUT2D eigenvalue weighted by Gasteiger charge is -2.19. The number of hydrogen-bond acceptors (Lipinski definition) is 6. The molecule has 1 aliphatic rings. The van der Waals surface area contributed by atoms with Gasteiger partial charge in [0.25, 0.3) is 11.1 Å². The summed E-state index contributed by atoms with van der Waals surface area (Å²) in [5, 5.41) is 11.9. The van der Waals surface area contributed by atoms with Crippen molar-refractivity contribution in [2.24, 2.45) is 0 Å². The fraction of sp³-hybridized carbons (Fsp3) is 0.261. The van der Waals surface area contributed by atoms with Crippen LogP contribution in [-0.4, -0.2) is 40.7 Å². The Bertz CT molecular complexity index is 1050. The number of carbonyl (C=O) groups excluding carboxylic acids is 3. The smallest absolute Gasteiger partial charge is 0.294 e. The number of imide groups is 1. The maximum Gasteiger partial charge on any atom is 0.294 e. The number of amides is 3. The predicted octanol–water partition coefficient (Wildman–Crippen LogP) is 4.37. The van der Waals surface area contributed by atoms with Crippen LogP contribution in [0.2, 0.25) is 0 Å². The van der Waals surface area contributed by atoms with Crippen LogP contribution in [0.25, 0.3) is 6.08 Å². The van der Waals surface area contributed by atoms with Gasteiger partial charge in [-0.05, 0) is 58.6 Å². The van der Waals surface area contributed by atoms with E-state index in [1.54, 1.807) is 24.3 Å². The molecule has 1 fully saturated rings. The molecule has 1 aliphatic heterocycles. The molecule has 0 aromatic heterocycles. The van der Waals surface area contributed by atoms with E-state index < -0.39 is 17.1 Å². The standard InChI is InChI=1S/C23H24N2O5S/c1-23(2,3)15-6-8-16(9-7-15)24-20(27)13-25-21(28)19(31-22(25)29)12-14-5-10-17(26)18(11-14)30-4/h5-12,26H,13H2,1-4H3,(H,24,27)/b19-12-. The monoisotopic (exact) mass is 440 g/mol. The second kappa shape index (κ2) is 8.85. The van der Waals surface area contributed by atoms with E-state index in [1.165, 1.54) is 19.3 Å². The fourth-order valence-corrected chi connectivity index (χ4v) is 3.81. The molecule has 0 radical (unpaired) electrons. The number of aromatic hydroxyl groups is 1. The van der Waals surface area contributed by atoms with E-state index in [1.807, 2.05) is 12.1 Å². The number of thioether (sulfide) groups is 1. The van der Waals surface area contributed by atoms with Crippen LogP contribution in [0.1, 0.15) is 31.9 Å². The Morgan fingerprint density at radius 1 is 1.16 bits per heavy atom. The molecule has 0 spiro atoms. The number of nitrogens with one attached hydrogen (secondary N) is 1. The van der Waals surface area contributed by atoms with Crippen molar-refractivity contribution in [3.05, 3.63) is 58.5 Å². The molecular formula is C23H24N2O5S. The summed E-state index contributed by atoms with van der Waals surface area (Å²) in [5.41, 5.74) is 2.31. The van der Waals surface area contributed by atoms with Crippen LogP contribution >= 0.6 is 11.8 Å². The summed E-state index contributed by atoms with van der Waals surface area (Å²) >= 11 is 0.762. The maximum atomic E-state index is 12.6. The van der Waals surface area contributed by atoms with Gasteiger partial charge in [-0.2, -0.15) is 0 Å². The van der Waals surface area contributed by atoms with Crippen molar-refractivity contribution in [3.63, 3.8) is 0 Å². The zero-order chi connectivity index (χ0) is 22.8. The molecule has 1 heterocycles. The highest BCUT2D eigenvalue weighted by atomic mass is 32.2. The summed E-state index contributed by atoms with van der Waals surface area (Å²) in [5.74, 6) is -0.775. The molecule has 2 N–H and O–H groups in total. The average Bonchev–Trinajstić information content (AvgIpc) is 2.96. The predicted molar refractivity (Wildman–Crippen MR) is 121 cm³/mol. The number of nitrogens with zero attached hydrogens (tertiary/aromatic N) is 1. The second-order valence-corrected chi connectivity index (χ2v) is 9.07. The van der Waals surface area contributed by atoms with Crippen LogP contribution in [0, 0.1) is 0 Å². The number of phenols is 1. The van der Waals surface area contributed by atoms with Crippen molar-refractivity contribution in [1.29, 1.82) is 0 Å². The SMILES string of the molecule is COc1cc(/C=C2\SC(=O)N(CC(=O)Nc3ccc(C(C)(C)C)cc3)C2=O)ccc1O. The number of hydrogen-bond donors (Lipinski definition) is 2. The van der Waals surface area contributed by atoms with Gasteiger partial charge >= 0.3 is 0 Å². The van der Waals surface area contributed by atoms with Crippen LogP contribution in [0.15, 0.2) is 47.4 Å². The van der Waals surface area contributed by atoms with Gasteiger partial charge < -0.3 is 15.2 Å². The van der Waals surface area contributed by atoms with E-state index in [0.717, 1.165) is 22.2 Å². The first-order valence-electron chi connectivity index (χ1n) is 9.61. The first kappa shape index (κ1) is 22.4. The third kappa shape index (κ3) is 5.27. The van der Waals surface area contributed by atoms with Gasteiger partial charge in [-0.3, -0.25) is 19.3 Å². The van der Waals surface area contributed by atoms with Crippen molar-refractivity contribution in [3.8, 4) is 11.5 Å². The largest absolute Gasteiger partial charge is 0.504 e. The molecule has 0 atom stereocenters. The van der Waals surface area contributed by atoms with E-state index in [2.05, 4.69) is 26.1 Å². The molecule has 2 aromatic carbocycles. The maximum absolute atomic E-state index is 12.6. The minimum atomic E-state index is -0.541. The minimum Gasteiger partial charge on any atom is -0.504 e. The summed E-state index contributed by atoms with van der Waals surface area (Å²) in [6.07, 6.45) is 1.52. The summed E-state index contributed by atoms with van der Waals surface area (Å²) in [6.45, 7) is 5.93. The average molecular weight is 441 g/mol. The Hall–Kier alpha value is -3.26. The molecule has 8 heteroatoms.